The van der Waals surface area contributed by atoms with Crippen molar-refractivity contribution in [2.24, 2.45) is 23.7 Å². The fourth-order valence-electron chi connectivity index (χ4n) is 4.64. The monoisotopic (exact) mass is 898 g/mol. The maximum absolute atomic E-state index is 11.7. The Balaban J connectivity index is -0.000000222. The van der Waals surface area contributed by atoms with Crippen LogP contribution in [0.2, 0.25) is 0 Å². The van der Waals surface area contributed by atoms with Crippen molar-refractivity contribution in [2.45, 2.75) is 158 Å². The van der Waals surface area contributed by atoms with E-state index in [0.29, 0.717) is 0 Å². The Morgan fingerprint density at radius 2 is 0.556 bits per heavy atom. The van der Waals surface area contributed by atoms with Crippen molar-refractivity contribution in [1.82, 2.24) is 0 Å². The summed E-state index contributed by atoms with van der Waals surface area (Å²) < 4.78 is 0. The number of rotatable bonds is 26. The minimum Gasteiger partial charge on any atom is -0.848 e. The van der Waals surface area contributed by atoms with Crippen molar-refractivity contribution in [3.05, 3.63) is 0 Å². The van der Waals surface area contributed by atoms with E-state index in [9.17, 15) is 19.6 Å². The summed E-state index contributed by atoms with van der Waals surface area (Å²) in [5.41, 5.74) is -7.10. The fraction of sp³-hybridized carbons (Fsp3) is 1.00. The van der Waals surface area contributed by atoms with Crippen molar-refractivity contribution in [3.63, 3.8) is 0 Å². The van der Waals surface area contributed by atoms with E-state index in [0.717, 1.165) is 98.0 Å². The van der Waals surface area contributed by atoms with Crippen molar-refractivity contribution in [2.75, 3.05) is 23.0 Å². The van der Waals surface area contributed by atoms with Gasteiger partial charge in [-0.1, -0.05) is 158 Å². The summed E-state index contributed by atoms with van der Waals surface area (Å²) in [5.74, 6) is 6.17. The van der Waals surface area contributed by atoms with E-state index in [-0.39, 0.29) is 58.4 Å². The van der Waals surface area contributed by atoms with Crippen LogP contribution in [0.4, 0.5) is 0 Å². The van der Waals surface area contributed by atoms with Crippen LogP contribution in [-0.2, 0) is 103 Å². The molecule has 0 aliphatic rings. The van der Waals surface area contributed by atoms with E-state index in [1.54, 1.807) is 0 Å². The van der Waals surface area contributed by atoms with Gasteiger partial charge in [0.15, 0.2) is 0 Å². The third kappa shape index (κ3) is 43.8. The zero-order valence-electron chi connectivity index (χ0n) is 30.7. The molecule has 0 aromatic heterocycles. The third-order valence-corrected chi connectivity index (χ3v) is 21.4. The minimum atomic E-state index is -3.55. The van der Waals surface area contributed by atoms with Gasteiger partial charge in [0.2, 0.25) is 0 Å². The molecule has 45 heavy (non-hydrogen) atoms. The summed E-state index contributed by atoms with van der Waals surface area (Å²) >= 11 is 9.52. The zero-order chi connectivity index (χ0) is 32.6. The quantitative estimate of drug-likeness (QED) is 0.0379. The van der Waals surface area contributed by atoms with Gasteiger partial charge in [0.25, 0.3) is 0 Å². The van der Waals surface area contributed by atoms with Crippen molar-refractivity contribution < 1.29 is 78.0 Å². The zero-order valence-corrected chi connectivity index (χ0v) is 44.7. The van der Waals surface area contributed by atoms with Crippen LogP contribution in [0.25, 0.3) is 0 Å². The van der Waals surface area contributed by atoms with Gasteiger partial charge < -0.3 is 52.0 Å². The van der Waals surface area contributed by atoms with Crippen molar-refractivity contribution in [1.29, 1.82) is 0 Å². The van der Waals surface area contributed by atoms with Gasteiger partial charge in [-0.15, -0.1) is 23.0 Å². The van der Waals surface area contributed by atoms with Gasteiger partial charge in [0.05, 0.1) is 0 Å². The van der Waals surface area contributed by atoms with Gasteiger partial charge in [0.1, 0.15) is 0 Å². The van der Waals surface area contributed by atoms with Crippen molar-refractivity contribution >= 4 is 56.0 Å². The van der Waals surface area contributed by atoms with E-state index >= 15 is 0 Å². The van der Waals surface area contributed by atoms with Gasteiger partial charge >= 0.3 is 58.4 Å². The third-order valence-electron chi connectivity index (χ3n) is 7.28. The van der Waals surface area contributed by atoms with Crippen molar-refractivity contribution in [3.8, 4) is 0 Å². The molecule has 4 nitrogen and oxygen atoms in total. The summed E-state index contributed by atoms with van der Waals surface area (Å²) in [7, 11) is -1.11. The first-order valence-electron chi connectivity index (χ1n) is 16.9. The van der Waals surface area contributed by atoms with Crippen LogP contribution < -0.4 is 19.6 Å². The largest absolute Gasteiger partial charge is 2.00 e. The van der Waals surface area contributed by atoms with Crippen LogP contribution in [0.5, 0.6) is 0 Å². The topological polar surface area (TPSA) is 92.2 Å². The van der Waals surface area contributed by atoms with E-state index in [2.05, 4.69) is 55.4 Å². The standard InChI is InChI=1S/2C16H36O2PS2.3Zn/c2*1-15(2)11-7-5-9-13-21(19(17,18)20)14-10-6-8-12-16(3)4;;;/h2*15-16H,5-14H2,1-4H3,(H2,17,18,20);;;/q2*-1;3*+2/p-4. The average Bonchev–Trinajstić information content (AvgIpc) is 2.83. The molecule has 0 radical (unpaired) electrons. The van der Waals surface area contributed by atoms with Crippen LogP contribution in [-0.4, -0.2) is 23.0 Å². The molecule has 0 N–H and O–H groups in total. The molecule has 0 saturated heterocycles. The Labute approximate surface area is 335 Å². The van der Waals surface area contributed by atoms with Crippen LogP contribution in [0.15, 0.2) is 0 Å². The van der Waals surface area contributed by atoms with E-state index in [4.69, 9.17) is 23.6 Å². The van der Waals surface area contributed by atoms with E-state index in [1.165, 1.54) is 51.4 Å². The molecule has 0 heterocycles. The van der Waals surface area contributed by atoms with Crippen LogP contribution in [0.1, 0.15) is 158 Å². The first-order chi connectivity index (χ1) is 19.5. The summed E-state index contributed by atoms with van der Waals surface area (Å²) in [5, 5.41) is 0. The molecule has 0 rings (SSSR count). The van der Waals surface area contributed by atoms with Gasteiger partial charge in [-0.25, -0.2) is 0 Å². The molecule has 0 aliphatic carbocycles. The molecule has 0 unspecified atom stereocenters. The number of hydrogen-bond acceptors (Lipinski definition) is 8. The molecule has 13 heteroatoms. The Morgan fingerprint density at radius 3 is 0.689 bits per heavy atom. The van der Waals surface area contributed by atoms with Gasteiger partial charge in [-0.3, -0.25) is 0 Å². The SMILES string of the molecule is CC(C)CCCCC[S-](CCCCCC(C)C)P([O-])([O-])=S.CC(C)CCCCC[S-](CCCCCC(C)C)P([O-])([O-])=S.[Zn+2].[Zn+2].[Zn+2]. The second-order valence-electron chi connectivity index (χ2n) is 13.6. The Kier molecular flexibility index (Phi) is 46.5. The normalized spacial score (nSPS) is 12.4. The molecule has 0 saturated carbocycles. The minimum absolute atomic E-state index is 0. The Bertz CT molecular complexity index is 618. The molecule has 0 aliphatic heterocycles. The predicted octanol–water partition coefficient (Wildman–Crippen LogP) is 7.96. The van der Waals surface area contributed by atoms with Gasteiger partial charge in [-0.2, -0.15) is 23.6 Å². The second kappa shape index (κ2) is 36.1. The predicted molar refractivity (Wildman–Crippen MR) is 196 cm³/mol. The second-order valence-corrected chi connectivity index (χ2v) is 29.1. The molecule has 260 valence electrons. The van der Waals surface area contributed by atoms with Crippen LogP contribution in [0, 0.1) is 23.7 Å². The molecule has 0 fully saturated rings. The van der Waals surface area contributed by atoms with Crippen LogP contribution in [0.3, 0.4) is 0 Å². The van der Waals surface area contributed by atoms with E-state index < -0.39 is 32.4 Å². The maximum atomic E-state index is 11.7. The molecule has 0 bridgehead atoms. The summed E-state index contributed by atoms with van der Waals surface area (Å²) in [6, 6.07) is 0. The first-order valence-corrected chi connectivity index (χ1v) is 26.5. The molecule has 0 atom stereocenters. The Hall–Kier alpha value is 3.71. The molecule has 0 aromatic rings. The summed E-state index contributed by atoms with van der Waals surface area (Å²) in [6.45, 7) is 17.9. The molecule has 0 aromatic carbocycles. The fourth-order valence-corrected chi connectivity index (χ4v) is 15.0. The van der Waals surface area contributed by atoms with Crippen LogP contribution >= 0.6 is 11.4 Å². The van der Waals surface area contributed by atoms with Gasteiger partial charge in [-0.05, 0) is 23.7 Å². The average molecular weight is 903 g/mol. The summed E-state index contributed by atoms with van der Waals surface area (Å²) in [4.78, 5) is 46.9. The summed E-state index contributed by atoms with van der Waals surface area (Å²) in [6.07, 6.45) is 18.5. The molecular formula is C32H68O4P2S4Zn3. The smallest absolute Gasteiger partial charge is 0.848 e. The molecule has 0 amide bonds. The van der Waals surface area contributed by atoms with Gasteiger partial charge in [0, 0.05) is 0 Å². The molecular weight excluding hydrogens is 835 g/mol. The number of unbranched alkanes of at least 4 members (excludes halogenated alkanes) is 8. The Morgan fingerprint density at radius 1 is 0.378 bits per heavy atom. The number of hydrogen-bond donors (Lipinski definition) is 0. The first kappa shape index (κ1) is 58.0. The molecule has 0 spiro atoms. The maximum Gasteiger partial charge on any atom is 2.00 e. The van der Waals surface area contributed by atoms with E-state index in [1.807, 2.05) is 0 Å².